The van der Waals surface area contributed by atoms with Gasteiger partial charge in [-0.05, 0) is 30.3 Å². The summed E-state index contributed by atoms with van der Waals surface area (Å²) in [6.45, 7) is 0. The summed E-state index contributed by atoms with van der Waals surface area (Å²) in [5.41, 5.74) is 0. The van der Waals surface area contributed by atoms with Gasteiger partial charge in [0, 0.05) is 5.02 Å². The van der Waals surface area contributed by atoms with Crippen LogP contribution in [0.1, 0.15) is 10.6 Å². The predicted octanol–water partition coefficient (Wildman–Crippen LogP) is 2.05. The minimum atomic E-state index is -3.95. The maximum Gasteiger partial charge on any atom is 0.300 e. The van der Waals surface area contributed by atoms with Gasteiger partial charge in [-0.25, -0.2) is 13.1 Å². The third-order valence-corrected chi connectivity index (χ3v) is 3.64. The van der Waals surface area contributed by atoms with Gasteiger partial charge in [-0.15, -0.1) is 0 Å². The van der Waals surface area contributed by atoms with Crippen LogP contribution < -0.4 is 4.72 Å². The van der Waals surface area contributed by atoms with Gasteiger partial charge < -0.3 is 4.42 Å². The molecule has 1 N–H and O–H groups in total. The second-order valence-corrected chi connectivity index (χ2v) is 5.49. The van der Waals surface area contributed by atoms with Crippen LogP contribution in [0.4, 0.5) is 0 Å². The molecule has 7 heteroatoms. The van der Waals surface area contributed by atoms with Gasteiger partial charge in [0.25, 0.3) is 10.0 Å². The zero-order valence-corrected chi connectivity index (χ0v) is 10.5. The Bertz CT molecular complexity index is 664. The van der Waals surface area contributed by atoms with Crippen molar-refractivity contribution in [2.24, 2.45) is 0 Å². The van der Waals surface area contributed by atoms with Crippen LogP contribution in [0.2, 0.25) is 5.02 Å². The lowest BCUT2D eigenvalue weighted by Crippen LogP contribution is -2.30. The van der Waals surface area contributed by atoms with E-state index in [0.717, 1.165) is 0 Å². The van der Waals surface area contributed by atoms with Crippen LogP contribution >= 0.6 is 11.6 Å². The largest absolute Gasteiger partial charge is 0.459 e. The second kappa shape index (κ2) is 4.83. The summed E-state index contributed by atoms with van der Waals surface area (Å²) >= 11 is 5.69. The number of carbonyl (C=O) groups is 1. The van der Waals surface area contributed by atoms with E-state index in [1.54, 1.807) is 0 Å². The molecule has 1 heterocycles. The third kappa shape index (κ3) is 2.72. The number of sulfonamides is 1. The van der Waals surface area contributed by atoms with Crippen LogP contribution in [0.15, 0.2) is 52.0 Å². The molecule has 2 aromatic rings. The molecule has 18 heavy (non-hydrogen) atoms. The number of hydrogen-bond donors (Lipinski definition) is 1. The van der Waals surface area contributed by atoms with E-state index >= 15 is 0 Å². The molecular formula is C11H8ClNO4S. The Morgan fingerprint density at radius 3 is 2.61 bits per heavy atom. The van der Waals surface area contributed by atoms with E-state index in [1.807, 2.05) is 4.72 Å². The fraction of sp³-hybridized carbons (Fsp3) is 0. The average Bonchev–Trinajstić information content (AvgIpc) is 2.82. The molecule has 0 aliphatic heterocycles. The van der Waals surface area contributed by atoms with Gasteiger partial charge in [0.15, 0.2) is 5.76 Å². The van der Waals surface area contributed by atoms with E-state index in [1.165, 1.54) is 42.7 Å². The standard InChI is InChI=1S/C11H8ClNO4S/c12-8-3-1-4-9(7-8)18(15,16)13-11(14)10-5-2-6-17-10/h1-7H,(H,13,14). The molecule has 0 aliphatic rings. The van der Waals surface area contributed by atoms with Crippen molar-refractivity contribution in [1.29, 1.82) is 0 Å². The Hall–Kier alpha value is -1.79. The minimum Gasteiger partial charge on any atom is -0.459 e. The number of nitrogens with one attached hydrogen (secondary N) is 1. The van der Waals surface area contributed by atoms with Crippen molar-refractivity contribution < 1.29 is 17.6 Å². The molecule has 1 amide bonds. The van der Waals surface area contributed by atoms with E-state index in [2.05, 4.69) is 0 Å². The topological polar surface area (TPSA) is 76.4 Å². The summed E-state index contributed by atoms with van der Waals surface area (Å²) in [4.78, 5) is 11.5. The summed E-state index contributed by atoms with van der Waals surface area (Å²) in [5, 5.41) is 0.267. The van der Waals surface area contributed by atoms with E-state index < -0.39 is 15.9 Å². The van der Waals surface area contributed by atoms with Gasteiger partial charge in [0.1, 0.15) is 0 Å². The number of benzene rings is 1. The van der Waals surface area contributed by atoms with E-state index in [-0.39, 0.29) is 15.7 Å². The molecule has 0 radical (unpaired) electrons. The zero-order valence-electron chi connectivity index (χ0n) is 8.96. The molecule has 94 valence electrons. The molecule has 0 atom stereocenters. The van der Waals surface area contributed by atoms with Gasteiger partial charge in [-0.2, -0.15) is 0 Å². The van der Waals surface area contributed by atoms with Gasteiger partial charge >= 0.3 is 5.91 Å². The monoisotopic (exact) mass is 285 g/mol. The molecule has 0 aliphatic carbocycles. The normalized spacial score (nSPS) is 11.2. The molecule has 0 saturated heterocycles. The van der Waals surface area contributed by atoms with Gasteiger partial charge in [-0.1, -0.05) is 17.7 Å². The van der Waals surface area contributed by atoms with Crippen LogP contribution in [0.5, 0.6) is 0 Å². The maximum atomic E-state index is 11.9. The minimum absolute atomic E-state index is 0.0828. The molecule has 0 saturated carbocycles. The van der Waals surface area contributed by atoms with Crippen LogP contribution in [-0.2, 0) is 10.0 Å². The highest BCUT2D eigenvalue weighted by Crippen LogP contribution is 2.15. The molecule has 0 spiro atoms. The quantitative estimate of drug-likeness (QED) is 0.936. The number of hydrogen-bond acceptors (Lipinski definition) is 4. The SMILES string of the molecule is O=C(NS(=O)(=O)c1cccc(Cl)c1)c1ccco1. The first-order valence-electron chi connectivity index (χ1n) is 4.85. The second-order valence-electron chi connectivity index (χ2n) is 3.37. The molecule has 0 fully saturated rings. The Kier molecular flexibility index (Phi) is 3.40. The van der Waals surface area contributed by atoms with E-state index in [9.17, 15) is 13.2 Å². The molecule has 0 unspecified atom stereocenters. The molecule has 2 rings (SSSR count). The first kappa shape index (κ1) is 12.7. The number of rotatable bonds is 3. The highest BCUT2D eigenvalue weighted by molar-refractivity contribution is 7.90. The summed E-state index contributed by atoms with van der Waals surface area (Å²) in [5.74, 6) is -0.916. The van der Waals surface area contributed by atoms with E-state index in [4.69, 9.17) is 16.0 Å². The van der Waals surface area contributed by atoms with Gasteiger partial charge in [0.2, 0.25) is 0 Å². The van der Waals surface area contributed by atoms with Crippen molar-refractivity contribution in [1.82, 2.24) is 4.72 Å². The summed E-state index contributed by atoms with van der Waals surface area (Å²) in [6, 6.07) is 8.45. The summed E-state index contributed by atoms with van der Waals surface area (Å²) < 4.78 is 30.4. The smallest absolute Gasteiger partial charge is 0.300 e. The highest BCUT2D eigenvalue weighted by atomic mass is 35.5. The van der Waals surface area contributed by atoms with Crippen LogP contribution in [-0.4, -0.2) is 14.3 Å². The lowest BCUT2D eigenvalue weighted by atomic mass is 10.4. The van der Waals surface area contributed by atoms with Crippen LogP contribution in [0.3, 0.4) is 0 Å². The van der Waals surface area contributed by atoms with E-state index in [0.29, 0.717) is 0 Å². The Morgan fingerprint density at radius 1 is 1.22 bits per heavy atom. The Labute approximate surface area is 108 Å². The summed E-state index contributed by atoms with van der Waals surface area (Å²) in [7, 11) is -3.95. The molecule has 1 aromatic carbocycles. The van der Waals surface area contributed by atoms with Crippen molar-refractivity contribution in [3.63, 3.8) is 0 Å². The zero-order chi connectivity index (χ0) is 13.2. The molecule has 0 bridgehead atoms. The highest BCUT2D eigenvalue weighted by Gasteiger charge is 2.20. The van der Waals surface area contributed by atoms with Crippen LogP contribution in [0, 0.1) is 0 Å². The number of carbonyl (C=O) groups excluding carboxylic acids is 1. The molecule has 1 aromatic heterocycles. The number of amides is 1. The Morgan fingerprint density at radius 2 is 2.00 bits per heavy atom. The summed E-state index contributed by atoms with van der Waals surface area (Å²) in [6.07, 6.45) is 1.28. The Balaban J connectivity index is 2.25. The first-order valence-corrected chi connectivity index (χ1v) is 6.71. The van der Waals surface area contributed by atoms with Crippen molar-refractivity contribution in [3.8, 4) is 0 Å². The molecule has 5 nitrogen and oxygen atoms in total. The lowest BCUT2D eigenvalue weighted by molar-refractivity contribution is 0.0954. The van der Waals surface area contributed by atoms with Crippen molar-refractivity contribution in [2.45, 2.75) is 4.90 Å². The van der Waals surface area contributed by atoms with Crippen molar-refractivity contribution in [3.05, 3.63) is 53.4 Å². The number of halogens is 1. The fourth-order valence-corrected chi connectivity index (χ4v) is 2.53. The predicted molar refractivity (Wildman–Crippen MR) is 64.8 cm³/mol. The average molecular weight is 286 g/mol. The fourth-order valence-electron chi connectivity index (χ4n) is 1.27. The van der Waals surface area contributed by atoms with Gasteiger partial charge in [-0.3, -0.25) is 4.79 Å². The maximum absolute atomic E-state index is 11.9. The lowest BCUT2D eigenvalue weighted by Gasteiger charge is -2.05. The van der Waals surface area contributed by atoms with Crippen LogP contribution in [0.25, 0.3) is 0 Å². The first-order chi connectivity index (χ1) is 8.49. The molecular weight excluding hydrogens is 278 g/mol. The number of furan rings is 1. The third-order valence-electron chi connectivity index (χ3n) is 2.08. The van der Waals surface area contributed by atoms with Gasteiger partial charge in [0.05, 0.1) is 11.2 Å². The van der Waals surface area contributed by atoms with Crippen molar-refractivity contribution >= 4 is 27.5 Å². The van der Waals surface area contributed by atoms with Crippen molar-refractivity contribution in [2.75, 3.05) is 0 Å².